The number of hydrogen-bond acceptors (Lipinski definition) is 1. The molecule has 0 aromatic carbocycles. The summed E-state index contributed by atoms with van der Waals surface area (Å²) in [4.78, 5) is 0. The monoisotopic (exact) mass is 364 g/mol. The van der Waals surface area contributed by atoms with Crippen LogP contribution in [0.25, 0.3) is 0 Å². The van der Waals surface area contributed by atoms with Crippen molar-refractivity contribution in [3.05, 3.63) is 0 Å². The Labute approximate surface area is 105 Å². The fraction of sp³-hybridized carbons (Fsp3) is 1.00. The van der Waals surface area contributed by atoms with Crippen molar-refractivity contribution in [1.82, 2.24) is 3.30 Å². The standard InChI is InChI=1S/C12H26N.Hf/c1-2-3-4-5-6-7-8-9-10-11-12-13;/h13H,2-12H2,1H3;/q-1;+1. The van der Waals surface area contributed by atoms with Crippen LogP contribution in [0, 0.1) is 0 Å². The molecule has 0 heterocycles. The first-order valence-electron chi connectivity index (χ1n) is 6.31. The quantitative estimate of drug-likeness (QED) is 0.433. The first-order valence-corrected chi connectivity index (χ1v) is 8.11. The molecule has 0 aliphatic carbocycles. The Balaban J connectivity index is 2.78. The molecule has 83 valence electrons. The van der Waals surface area contributed by atoms with Gasteiger partial charge in [0.2, 0.25) is 0 Å². The maximum absolute atomic E-state index is 3.33. The van der Waals surface area contributed by atoms with E-state index in [1.165, 1.54) is 70.8 Å². The summed E-state index contributed by atoms with van der Waals surface area (Å²) in [6.45, 7) is 3.54. The Hall–Kier alpha value is 0.830. The molecule has 0 rings (SSSR count). The van der Waals surface area contributed by atoms with Gasteiger partial charge in [-0.25, -0.2) is 0 Å². The van der Waals surface area contributed by atoms with E-state index in [0.717, 1.165) is 24.7 Å². The molecule has 0 aromatic heterocycles. The molecule has 1 N–H and O–H groups in total. The number of unbranched alkanes of at least 4 members (excludes halogenated alkanes) is 9. The van der Waals surface area contributed by atoms with Crippen LogP contribution in [-0.2, 0) is 24.7 Å². The molecule has 0 fully saturated rings. The summed E-state index contributed by atoms with van der Waals surface area (Å²) in [5, 5.41) is 0. The van der Waals surface area contributed by atoms with Crippen molar-refractivity contribution in [3.63, 3.8) is 0 Å². The third-order valence-electron chi connectivity index (χ3n) is 2.66. The summed E-state index contributed by atoms with van der Waals surface area (Å²) in [5.41, 5.74) is 0. The van der Waals surface area contributed by atoms with E-state index in [1.807, 2.05) is 0 Å². The van der Waals surface area contributed by atoms with Crippen molar-refractivity contribution in [2.24, 2.45) is 0 Å². The van der Waals surface area contributed by atoms with Crippen LogP contribution in [0.1, 0.15) is 71.1 Å². The molecule has 0 aromatic rings. The van der Waals surface area contributed by atoms with Gasteiger partial charge in [0.1, 0.15) is 0 Å². The molecule has 0 bridgehead atoms. The zero-order valence-electron chi connectivity index (χ0n) is 9.78. The second-order valence-corrected chi connectivity index (χ2v) is 5.38. The van der Waals surface area contributed by atoms with Gasteiger partial charge in [0.05, 0.1) is 0 Å². The van der Waals surface area contributed by atoms with Crippen LogP contribution in [0.2, 0.25) is 0 Å². The molecule has 14 heavy (non-hydrogen) atoms. The van der Waals surface area contributed by atoms with E-state index in [4.69, 9.17) is 0 Å². The molecular formula is C12H26HfN. The third kappa shape index (κ3) is 12.8. The maximum atomic E-state index is 3.33. The predicted molar refractivity (Wildman–Crippen MR) is 59.8 cm³/mol. The van der Waals surface area contributed by atoms with Crippen LogP contribution in [0.3, 0.4) is 0 Å². The first-order chi connectivity index (χ1) is 6.91. The van der Waals surface area contributed by atoms with Gasteiger partial charge in [-0.15, -0.1) is 0 Å². The summed E-state index contributed by atoms with van der Waals surface area (Å²) in [6.07, 6.45) is 14.4. The van der Waals surface area contributed by atoms with Gasteiger partial charge in [-0.2, -0.15) is 0 Å². The molecule has 0 unspecified atom stereocenters. The van der Waals surface area contributed by atoms with Gasteiger partial charge >= 0.3 is 98.7 Å². The van der Waals surface area contributed by atoms with Crippen LogP contribution >= 0.6 is 0 Å². The van der Waals surface area contributed by atoms with Gasteiger partial charge in [-0.3, -0.25) is 0 Å². The number of rotatable bonds is 11. The summed E-state index contributed by atoms with van der Waals surface area (Å²) in [7, 11) is 0. The molecule has 0 amide bonds. The molecule has 0 aliphatic rings. The van der Waals surface area contributed by atoms with Gasteiger partial charge in [-0.1, -0.05) is 6.92 Å². The van der Waals surface area contributed by atoms with Crippen molar-refractivity contribution >= 4 is 0 Å². The fourth-order valence-electron chi connectivity index (χ4n) is 1.70. The predicted octanol–water partition coefficient (Wildman–Crippen LogP) is 3.96. The molecule has 0 saturated carbocycles. The molecule has 0 atom stereocenters. The van der Waals surface area contributed by atoms with E-state index in [2.05, 4.69) is 10.2 Å². The molecule has 0 saturated heterocycles. The topological polar surface area (TPSA) is 12.0 Å². The zero-order chi connectivity index (χ0) is 10.5. The van der Waals surface area contributed by atoms with Crippen LogP contribution < -0.4 is 3.30 Å². The van der Waals surface area contributed by atoms with Gasteiger partial charge in [-0.05, 0) is 0 Å². The first kappa shape index (κ1) is 14.8. The molecule has 1 nitrogen and oxygen atoms in total. The van der Waals surface area contributed by atoms with Crippen molar-refractivity contribution < 1.29 is 24.7 Å². The Morgan fingerprint density at radius 3 is 1.57 bits per heavy atom. The Kier molecular flexibility index (Phi) is 14.7. The average Bonchev–Trinajstić information content (AvgIpc) is 2.21. The Bertz CT molecular complexity index is 84.3. The van der Waals surface area contributed by atoms with Crippen molar-refractivity contribution in [2.45, 2.75) is 71.1 Å². The number of nitrogens with one attached hydrogen (secondary N) is 1. The summed E-state index contributed by atoms with van der Waals surface area (Å²) in [5.74, 6) is 0. The average molecular weight is 363 g/mol. The minimum atomic E-state index is 1.16. The van der Waals surface area contributed by atoms with E-state index in [9.17, 15) is 0 Å². The molecule has 0 spiro atoms. The van der Waals surface area contributed by atoms with Crippen molar-refractivity contribution in [1.29, 1.82) is 0 Å². The fourth-order valence-corrected chi connectivity index (χ4v) is 2.34. The molecule has 0 radical (unpaired) electrons. The van der Waals surface area contributed by atoms with Gasteiger partial charge in [0.15, 0.2) is 0 Å². The second-order valence-electron chi connectivity index (χ2n) is 4.11. The van der Waals surface area contributed by atoms with E-state index in [1.54, 1.807) is 0 Å². The van der Waals surface area contributed by atoms with Crippen LogP contribution in [0.5, 0.6) is 0 Å². The summed E-state index contributed by atoms with van der Waals surface area (Å²) < 4.78 is 3.33. The van der Waals surface area contributed by atoms with E-state index in [-0.39, 0.29) is 0 Å². The van der Waals surface area contributed by atoms with Crippen LogP contribution in [-0.4, -0.2) is 6.54 Å². The summed E-state index contributed by atoms with van der Waals surface area (Å²) in [6, 6.07) is 0. The third-order valence-corrected chi connectivity index (χ3v) is 3.55. The number of hydrogen-bond donors (Lipinski definition) is 1. The normalized spacial score (nSPS) is 10.6. The van der Waals surface area contributed by atoms with Gasteiger partial charge in [0.25, 0.3) is 0 Å². The van der Waals surface area contributed by atoms with Gasteiger partial charge < -0.3 is 0 Å². The minimum absolute atomic E-state index is 1.16. The zero-order valence-corrected chi connectivity index (χ0v) is 13.4. The molecule has 2 heteroatoms. The van der Waals surface area contributed by atoms with Crippen molar-refractivity contribution in [3.8, 4) is 0 Å². The second kappa shape index (κ2) is 13.8. The molecule has 0 aliphatic heterocycles. The van der Waals surface area contributed by atoms with Crippen LogP contribution in [0.15, 0.2) is 0 Å². The molecular weight excluding hydrogens is 337 g/mol. The van der Waals surface area contributed by atoms with E-state index < -0.39 is 0 Å². The van der Waals surface area contributed by atoms with Gasteiger partial charge in [0, 0.05) is 0 Å². The van der Waals surface area contributed by atoms with E-state index in [0.29, 0.717) is 0 Å². The van der Waals surface area contributed by atoms with E-state index >= 15 is 0 Å². The Morgan fingerprint density at radius 1 is 0.714 bits per heavy atom. The van der Waals surface area contributed by atoms with Crippen molar-refractivity contribution in [2.75, 3.05) is 6.54 Å². The Morgan fingerprint density at radius 2 is 1.14 bits per heavy atom. The SMILES string of the molecule is CCCCCCCCCCCC[NH][Hf]. The summed E-state index contributed by atoms with van der Waals surface area (Å²) >= 11 is 1.16. The van der Waals surface area contributed by atoms with Crippen LogP contribution in [0.4, 0.5) is 0 Å².